The lowest BCUT2D eigenvalue weighted by atomic mass is 10.1. The van der Waals surface area contributed by atoms with Gasteiger partial charge in [0.05, 0.1) is 0 Å². The van der Waals surface area contributed by atoms with Crippen LogP contribution in [0.3, 0.4) is 0 Å². The molecule has 0 nitrogen and oxygen atoms in total. The largest absolute Gasteiger partial charge is 0.126 e. The van der Waals surface area contributed by atoms with E-state index in [1.165, 1.54) is 0 Å². The number of hydrogen-bond acceptors (Lipinski definition) is 0. The summed E-state index contributed by atoms with van der Waals surface area (Å²) in [5.41, 5.74) is 2.11. The average Bonchev–Trinajstić information content (AvgIpc) is 2.06. The Morgan fingerprint density at radius 1 is 1.36 bits per heavy atom. The molecular formula is C10H9Cl. The Labute approximate surface area is 72.2 Å². The number of halogens is 1. The molecule has 0 saturated carbocycles. The zero-order valence-electron chi connectivity index (χ0n) is 6.18. The summed E-state index contributed by atoms with van der Waals surface area (Å²) in [6.07, 6.45) is 6.14. The third kappa shape index (κ3) is 2.00. The van der Waals surface area contributed by atoms with Gasteiger partial charge < -0.3 is 0 Å². The van der Waals surface area contributed by atoms with E-state index in [2.05, 4.69) is 5.92 Å². The lowest BCUT2D eigenvalue weighted by Gasteiger charge is -1.99. The van der Waals surface area contributed by atoms with Gasteiger partial charge in [0.25, 0.3) is 0 Å². The molecule has 0 unspecified atom stereocenters. The summed E-state index contributed by atoms with van der Waals surface area (Å²) < 4.78 is 0. The lowest BCUT2D eigenvalue weighted by Crippen LogP contribution is -1.89. The van der Waals surface area contributed by atoms with Gasteiger partial charge in [-0.25, -0.2) is 0 Å². The van der Waals surface area contributed by atoms with E-state index in [1.807, 2.05) is 24.3 Å². The summed E-state index contributed by atoms with van der Waals surface area (Å²) in [4.78, 5) is 0. The highest BCUT2D eigenvalue weighted by molar-refractivity contribution is 6.18. The van der Waals surface area contributed by atoms with Crippen molar-refractivity contribution in [3.63, 3.8) is 0 Å². The molecule has 0 aromatic heterocycles. The highest BCUT2D eigenvalue weighted by atomic mass is 35.5. The Hall–Kier alpha value is -0.930. The Morgan fingerprint density at radius 3 is 2.73 bits per heavy atom. The molecule has 0 aliphatic rings. The first-order valence-corrected chi connectivity index (χ1v) is 4.02. The Balaban J connectivity index is 2.95. The molecule has 1 aromatic carbocycles. The van der Waals surface area contributed by atoms with E-state index in [0.29, 0.717) is 5.88 Å². The summed E-state index contributed by atoms with van der Waals surface area (Å²) in [5, 5.41) is 0. The van der Waals surface area contributed by atoms with Crippen LogP contribution in [0.5, 0.6) is 0 Å². The molecule has 11 heavy (non-hydrogen) atoms. The predicted molar refractivity (Wildman–Crippen MR) is 48.8 cm³/mol. The fourth-order valence-corrected chi connectivity index (χ4v) is 1.18. The fraction of sp³-hybridized carbons (Fsp3) is 0.200. The molecule has 0 aliphatic carbocycles. The quantitative estimate of drug-likeness (QED) is 0.465. The molecule has 0 aliphatic heterocycles. The summed E-state index contributed by atoms with van der Waals surface area (Å²) >= 11 is 5.60. The van der Waals surface area contributed by atoms with Crippen LogP contribution in [0.4, 0.5) is 0 Å². The molecular weight excluding hydrogens is 156 g/mol. The van der Waals surface area contributed by atoms with Crippen molar-refractivity contribution in [2.75, 3.05) is 5.88 Å². The van der Waals surface area contributed by atoms with Gasteiger partial charge in [-0.1, -0.05) is 24.1 Å². The molecule has 56 valence electrons. The number of terminal acetylenes is 1. The smallest absolute Gasteiger partial charge is 0.0275 e. The first-order valence-electron chi connectivity index (χ1n) is 3.49. The van der Waals surface area contributed by atoms with E-state index in [1.54, 1.807) is 0 Å². The molecule has 0 atom stereocenters. The van der Waals surface area contributed by atoms with Crippen LogP contribution in [0.25, 0.3) is 0 Å². The van der Waals surface area contributed by atoms with Crippen molar-refractivity contribution in [3.05, 3.63) is 35.4 Å². The van der Waals surface area contributed by atoms with E-state index in [0.717, 1.165) is 17.5 Å². The predicted octanol–water partition coefficient (Wildman–Crippen LogP) is 2.45. The molecule has 1 heteroatoms. The standard InChI is InChI=1S/C10H9Cl/c1-2-9-5-3-4-6-10(9)7-8-11/h1,3-6H,7-8H2. The SMILES string of the molecule is C#Cc1ccccc1CCCl. The highest BCUT2D eigenvalue weighted by Crippen LogP contribution is 2.08. The third-order valence-electron chi connectivity index (χ3n) is 1.54. The fourth-order valence-electron chi connectivity index (χ4n) is 0.981. The van der Waals surface area contributed by atoms with Gasteiger partial charge in [-0.15, -0.1) is 18.0 Å². The minimum absolute atomic E-state index is 0.624. The zero-order valence-corrected chi connectivity index (χ0v) is 6.93. The van der Waals surface area contributed by atoms with Gasteiger partial charge in [0.15, 0.2) is 0 Å². The van der Waals surface area contributed by atoms with Gasteiger partial charge in [0.2, 0.25) is 0 Å². The van der Waals surface area contributed by atoms with Crippen LogP contribution in [0.1, 0.15) is 11.1 Å². The van der Waals surface area contributed by atoms with Gasteiger partial charge in [-0.05, 0) is 18.1 Å². The third-order valence-corrected chi connectivity index (χ3v) is 1.73. The van der Waals surface area contributed by atoms with E-state index in [4.69, 9.17) is 18.0 Å². The molecule has 0 radical (unpaired) electrons. The Bertz CT molecular complexity index is 270. The van der Waals surface area contributed by atoms with Crippen molar-refractivity contribution >= 4 is 11.6 Å². The minimum atomic E-state index is 0.624. The molecule has 0 heterocycles. The van der Waals surface area contributed by atoms with Crippen molar-refractivity contribution in [1.29, 1.82) is 0 Å². The number of rotatable bonds is 2. The van der Waals surface area contributed by atoms with E-state index in [-0.39, 0.29) is 0 Å². The van der Waals surface area contributed by atoms with Gasteiger partial charge in [0.1, 0.15) is 0 Å². The normalized spacial score (nSPS) is 9.09. The molecule has 0 N–H and O–H groups in total. The van der Waals surface area contributed by atoms with Crippen LogP contribution >= 0.6 is 11.6 Å². The first-order chi connectivity index (χ1) is 5.38. The first kappa shape index (κ1) is 8.17. The summed E-state index contributed by atoms with van der Waals surface area (Å²) in [5.74, 6) is 3.25. The van der Waals surface area contributed by atoms with Crippen molar-refractivity contribution in [2.24, 2.45) is 0 Å². The Kier molecular flexibility index (Phi) is 3.01. The maximum absolute atomic E-state index is 5.60. The lowest BCUT2D eigenvalue weighted by molar-refractivity contribution is 1.14. The Morgan fingerprint density at radius 2 is 2.09 bits per heavy atom. The number of aryl methyl sites for hydroxylation is 1. The second-order valence-electron chi connectivity index (χ2n) is 2.24. The van der Waals surface area contributed by atoms with Gasteiger partial charge >= 0.3 is 0 Å². The average molecular weight is 165 g/mol. The van der Waals surface area contributed by atoms with Crippen LogP contribution in [0, 0.1) is 12.3 Å². The maximum Gasteiger partial charge on any atom is 0.0275 e. The van der Waals surface area contributed by atoms with Gasteiger partial charge in [0, 0.05) is 11.4 Å². The molecule has 0 saturated heterocycles. The number of hydrogen-bond donors (Lipinski definition) is 0. The van der Waals surface area contributed by atoms with Crippen molar-refractivity contribution in [1.82, 2.24) is 0 Å². The molecule has 0 bridgehead atoms. The van der Waals surface area contributed by atoms with Crippen LogP contribution in [0.15, 0.2) is 24.3 Å². The monoisotopic (exact) mass is 164 g/mol. The molecule has 0 spiro atoms. The topological polar surface area (TPSA) is 0 Å². The molecule has 1 aromatic rings. The second kappa shape index (κ2) is 4.05. The molecule has 1 rings (SSSR count). The molecule has 0 fully saturated rings. The summed E-state index contributed by atoms with van der Waals surface area (Å²) in [6.45, 7) is 0. The van der Waals surface area contributed by atoms with E-state index >= 15 is 0 Å². The van der Waals surface area contributed by atoms with Crippen LogP contribution < -0.4 is 0 Å². The minimum Gasteiger partial charge on any atom is -0.126 e. The summed E-state index contributed by atoms with van der Waals surface area (Å²) in [6, 6.07) is 7.86. The number of alkyl halides is 1. The van der Waals surface area contributed by atoms with E-state index in [9.17, 15) is 0 Å². The van der Waals surface area contributed by atoms with Crippen LogP contribution in [-0.4, -0.2) is 5.88 Å². The maximum atomic E-state index is 5.60. The zero-order chi connectivity index (χ0) is 8.10. The van der Waals surface area contributed by atoms with Gasteiger partial charge in [-0.2, -0.15) is 0 Å². The molecule has 0 amide bonds. The van der Waals surface area contributed by atoms with E-state index < -0.39 is 0 Å². The highest BCUT2D eigenvalue weighted by Gasteiger charge is 1.95. The van der Waals surface area contributed by atoms with Crippen LogP contribution in [-0.2, 0) is 6.42 Å². The second-order valence-corrected chi connectivity index (χ2v) is 2.62. The van der Waals surface area contributed by atoms with Crippen molar-refractivity contribution in [2.45, 2.75) is 6.42 Å². The van der Waals surface area contributed by atoms with Crippen LogP contribution in [0.2, 0.25) is 0 Å². The number of benzene rings is 1. The summed E-state index contributed by atoms with van der Waals surface area (Å²) in [7, 11) is 0. The van der Waals surface area contributed by atoms with Crippen molar-refractivity contribution in [3.8, 4) is 12.3 Å². The van der Waals surface area contributed by atoms with Crippen molar-refractivity contribution < 1.29 is 0 Å². The van der Waals surface area contributed by atoms with Gasteiger partial charge in [-0.3, -0.25) is 0 Å².